The van der Waals surface area contributed by atoms with Gasteiger partial charge in [-0.25, -0.2) is 9.78 Å². The van der Waals surface area contributed by atoms with E-state index in [1.165, 1.54) is 42.6 Å². The van der Waals surface area contributed by atoms with Crippen LogP contribution in [0.2, 0.25) is 10.0 Å². The molecule has 2 aromatic carbocycles. The summed E-state index contributed by atoms with van der Waals surface area (Å²) < 4.78 is 0. The summed E-state index contributed by atoms with van der Waals surface area (Å²) in [5.74, 6) is -3.70. The zero-order chi connectivity index (χ0) is 22.3. The number of ketones is 1. The van der Waals surface area contributed by atoms with Gasteiger partial charge in [-0.15, -0.1) is 11.3 Å². The predicted octanol–water partition coefficient (Wildman–Crippen LogP) is 4.77. The molecule has 10 heteroatoms. The number of carbonyl (C=O) groups excluding carboxylic acids is 2. The summed E-state index contributed by atoms with van der Waals surface area (Å²) in [7, 11) is 0. The van der Waals surface area contributed by atoms with E-state index in [1.807, 2.05) is 0 Å². The van der Waals surface area contributed by atoms with Crippen LogP contribution >= 0.6 is 34.5 Å². The Hall–Kier alpha value is -3.20. The molecule has 1 fully saturated rings. The van der Waals surface area contributed by atoms with Crippen molar-refractivity contribution in [1.29, 1.82) is 0 Å². The van der Waals surface area contributed by atoms with Gasteiger partial charge in [0.1, 0.15) is 5.76 Å². The van der Waals surface area contributed by atoms with Crippen molar-refractivity contribution in [3.05, 3.63) is 86.4 Å². The van der Waals surface area contributed by atoms with Gasteiger partial charge in [0.2, 0.25) is 0 Å². The molecular formula is C21H12Cl2N2O5S. The van der Waals surface area contributed by atoms with E-state index in [2.05, 4.69) is 4.98 Å². The molecule has 0 spiro atoms. The molecule has 1 aliphatic heterocycles. The van der Waals surface area contributed by atoms with E-state index in [9.17, 15) is 24.6 Å². The number of hydrogen-bond donors (Lipinski definition) is 2. The first-order chi connectivity index (χ1) is 14.8. The van der Waals surface area contributed by atoms with Crippen molar-refractivity contribution < 1.29 is 24.6 Å². The lowest BCUT2D eigenvalue weighted by molar-refractivity contribution is -0.132. The van der Waals surface area contributed by atoms with Gasteiger partial charge in [0.25, 0.3) is 5.78 Å². The highest BCUT2D eigenvalue weighted by Crippen LogP contribution is 2.44. The largest absolute Gasteiger partial charge is 0.507 e. The van der Waals surface area contributed by atoms with Crippen molar-refractivity contribution in [3.8, 4) is 0 Å². The fourth-order valence-electron chi connectivity index (χ4n) is 3.42. The predicted molar refractivity (Wildman–Crippen MR) is 117 cm³/mol. The fraction of sp³-hybridized carbons (Fsp3) is 0.0476. The van der Waals surface area contributed by atoms with Gasteiger partial charge in [-0.05, 0) is 29.8 Å². The molecule has 1 atom stereocenters. The van der Waals surface area contributed by atoms with Crippen molar-refractivity contribution in [3.63, 3.8) is 0 Å². The standard InChI is InChI=1S/C21H12Cl2N2O5S/c22-10-5-6-13(14(23)9-10)17(26)15-16(11-3-1-2-4-12(11)20(29)30)25(19(28)18(15)27)21-24-7-8-31-21/h1-9,16,26H,(H,29,30)/t16-/m1/s1. The first-order valence-electron chi connectivity index (χ1n) is 8.79. The van der Waals surface area contributed by atoms with Gasteiger partial charge in [0.05, 0.1) is 22.2 Å². The normalized spacial score (nSPS) is 17.9. The minimum absolute atomic E-state index is 0.0655. The quantitative estimate of drug-likeness (QED) is 0.320. The van der Waals surface area contributed by atoms with E-state index < -0.39 is 29.5 Å². The van der Waals surface area contributed by atoms with Crippen LogP contribution in [0.4, 0.5) is 5.13 Å². The molecule has 1 aromatic heterocycles. The van der Waals surface area contributed by atoms with Gasteiger partial charge >= 0.3 is 11.9 Å². The third-order valence-electron chi connectivity index (χ3n) is 4.74. The Morgan fingerprint density at radius 2 is 1.81 bits per heavy atom. The van der Waals surface area contributed by atoms with Crippen LogP contribution in [0, 0.1) is 0 Å². The molecule has 31 heavy (non-hydrogen) atoms. The van der Waals surface area contributed by atoms with E-state index in [-0.39, 0.29) is 32.4 Å². The summed E-state index contributed by atoms with van der Waals surface area (Å²) >= 11 is 13.2. The van der Waals surface area contributed by atoms with E-state index in [1.54, 1.807) is 11.4 Å². The molecule has 7 nitrogen and oxygen atoms in total. The highest BCUT2D eigenvalue weighted by Gasteiger charge is 2.49. The number of aromatic carboxylic acids is 1. The number of carbonyl (C=O) groups is 3. The third-order valence-corrected chi connectivity index (χ3v) is 6.06. The zero-order valence-corrected chi connectivity index (χ0v) is 17.8. The molecule has 0 saturated carbocycles. The zero-order valence-electron chi connectivity index (χ0n) is 15.5. The average molecular weight is 475 g/mol. The van der Waals surface area contributed by atoms with Crippen molar-refractivity contribution in [2.45, 2.75) is 6.04 Å². The minimum Gasteiger partial charge on any atom is -0.507 e. The van der Waals surface area contributed by atoms with Crippen LogP contribution in [-0.2, 0) is 9.59 Å². The summed E-state index contributed by atoms with van der Waals surface area (Å²) in [4.78, 5) is 43.0. The van der Waals surface area contributed by atoms with Gasteiger partial charge in [0, 0.05) is 22.2 Å². The summed E-state index contributed by atoms with van der Waals surface area (Å²) in [5, 5.41) is 22.9. The Balaban J connectivity index is 2.02. The van der Waals surface area contributed by atoms with Crippen LogP contribution in [-0.4, -0.2) is 32.9 Å². The number of carboxylic acids is 1. The second kappa shape index (κ2) is 8.14. The number of aliphatic hydroxyl groups excluding tert-OH is 1. The number of thiazole rings is 1. The first-order valence-corrected chi connectivity index (χ1v) is 10.4. The lowest BCUT2D eigenvalue weighted by atomic mass is 9.92. The molecule has 156 valence electrons. The molecule has 1 aliphatic rings. The molecule has 0 aliphatic carbocycles. The number of aliphatic hydroxyl groups is 1. The fourth-order valence-corrected chi connectivity index (χ4v) is 4.58. The topological polar surface area (TPSA) is 108 Å². The molecule has 1 amide bonds. The molecule has 2 N–H and O–H groups in total. The van der Waals surface area contributed by atoms with Crippen LogP contribution in [0.5, 0.6) is 0 Å². The van der Waals surface area contributed by atoms with Crippen LogP contribution < -0.4 is 4.90 Å². The maximum atomic E-state index is 13.0. The maximum absolute atomic E-state index is 13.0. The van der Waals surface area contributed by atoms with Crippen LogP contribution in [0.15, 0.2) is 59.6 Å². The van der Waals surface area contributed by atoms with Crippen LogP contribution in [0.1, 0.15) is 27.5 Å². The number of Topliss-reactive ketones (excluding diaryl/α,β-unsaturated/α-hetero) is 1. The van der Waals surface area contributed by atoms with E-state index >= 15 is 0 Å². The molecule has 2 heterocycles. The lowest BCUT2D eigenvalue weighted by Crippen LogP contribution is -2.30. The van der Waals surface area contributed by atoms with Gasteiger partial charge in [-0.3, -0.25) is 14.5 Å². The number of carboxylic acid groups (broad SMARTS) is 1. The van der Waals surface area contributed by atoms with Crippen molar-refractivity contribution in [1.82, 2.24) is 4.98 Å². The Kier molecular flexibility index (Phi) is 5.53. The number of aromatic nitrogens is 1. The summed E-state index contributed by atoms with van der Waals surface area (Å²) in [6.07, 6.45) is 1.45. The summed E-state index contributed by atoms with van der Waals surface area (Å²) in [5.41, 5.74) is -0.181. The number of halogens is 2. The summed E-state index contributed by atoms with van der Waals surface area (Å²) in [6, 6.07) is 9.00. The van der Waals surface area contributed by atoms with Crippen LogP contribution in [0.3, 0.4) is 0 Å². The maximum Gasteiger partial charge on any atom is 0.336 e. The Morgan fingerprint density at radius 3 is 2.45 bits per heavy atom. The number of nitrogens with zero attached hydrogens (tertiary/aromatic N) is 2. The first kappa shape index (κ1) is 21.0. The highest BCUT2D eigenvalue weighted by molar-refractivity contribution is 7.14. The Labute approximate surface area is 189 Å². The second-order valence-corrected chi connectivity index (χ2v) is 8.22. The third kappa shape index (κ3) is 3.59. The second-order valence-electron chi connectivity index (χ2n) is 6.50. The summed E-state index contributed by atoms with van der Waals surface area (Å²) in [6.45, 7) is 0. The molecule has 0 unspecified atom stereocenters. The lowest BCUT2D eigenvalue weighted by Gasteiger charge is -2.24. The molecule has 3 aromatic rings. The van der Waals surface area contributed by atoms with Gasteiger partial charge < -0.3 is 10.2 Å². The van der Waals surface area contributed by atoms with Crippen molar-refractivity contribution >= 4 is 63.1 Å². The molecular weight excluding hydrogens is 463 g/mol. The SMILES string of the molecule is O=C1C(=O)N(c2nccs2)[C@H](c2ccccc2C(=O)O)C1=C(O)c1ccc(Cl)cc1Cl. The Morgan fingerprint density at radius 1 is 1.06 bits per heavy atom. The molecule has 1 saturated heterocycles. The molecule has 4 rings (SSSR count). The molecule has 0 bridgehead atoms. The Bertz CT molecular complexity index is 1260. The van der Waals surface area contributed by atoms with Crippen molar-refractivity contribution in [2.24, 2.45) is 0 Å². The van der Waals surface area contributed by atoms with E-state index in [0.717, 1.165) is 16.2 Å². The van der Waals surface area contributed by atoms with Gasteiger partial charge in [-0.2, -0.15) is 0 Å². The number of amides is 1. The monoisotopic (exact) mass is 474 g/mol. The van der Waals surface area contributed by atoms with Crippen molar-refractivity contribution in [2.75, 3.05) is 4.90 Å². The number of hydrogen-bond acceptors (Lipinski definition) is 6. The number of anilines is 1. The average Bonchev–Trinajstić information content (AvgIpc) is 3.34. The van der Waals surface area contributed by atoms with E-state index in [0.29, 0.717) is 5.02 Å². The highest BCUT2D eigenvalue weighted by atomic mass is 35.5. The smallest absolute Gasteiger partial charge is 0.336 e. The van der Waals surface area contributed by atoms with Gasteiger partial charge in [0.15, 0.2) is 5.13 Å². The minimum atomic E-state index is -1.25. The van der Waals surface area contributed by atoms with Crippen LogP contribution in [0.25, 0.3) is 5.76 Å². The van der Waals surface area contributed by atoms with E-state index in [4.69, 9.17) is 23.2 Å². The number of rotatable bonds is 4. The number of benzene rings is 2. The van der Waals surface area contributed by atoms with Gasteiger partial charge in [-0.1, -0.05) is 41.4 Å². The molecule has 0 radical (unpaired) electrons.